The number of esters is 1. The summed E-state index contributed by atoms with van der Waals surface area (Å²) in [5.74, 6) is -0.762. The van der Waals surface area contributed by atoms with Gasteiger partial charge in [-0.1, -0.05) is 43.0 Å². The molecule has 112 valence electrons. The van der Waals surface area contributed by atoms with E-state index in [9.17, 15) is 14.9 Å². The zero-order chi connectivity index (χ0) is 16.0. The second kappa shape index (κ2) is 6.83. The maximum absolute atomic E-state index is 11.9. The highest BCUT2D eigenvalue weighted by molar-refractivity contribution is 5.89. The summed E-state index contributed by atoms with van der Waals surface area (Å²) in [6.07, 6.45) is 2.92. The fourth-order valence-electron chi connectivity index (χ4n) is 1.54. The summed E-state index contributed by atoms with van der Waals surface area (Å²) >= 11 is 0. The molecule has 5 heteroatoms. The van der Waals surface area contributed by atoms with Gasteiger partial charge in [-0.2, -0.15) is 0 Å². The number of nitro groups is 1. The maximum Gasteiger partial charge on any atom is 0.341 e. The number of hydrogen-bond acceptors (Lipinski definition) is 4. The molecule has 0 N–H and O–H groups in total. The molecule has 0 aliphatic carbocycles. The van der Waals surface area contributed by atoms with Crippen LogP contribution in [-0.2, 0) is 9.53 Å². The zero-order valence-electron chi connectivity index (χ0n) is 12.4. The van der Waals surface area contributed by atoms with Crippen LogP contribution in [0.5, 0.6) is 0 Å². The Hall–Kier alpha value is -2.43. The van der Waals surface area contributed by atoms with Crippen molar-refractivity contribution in [3.8, 4) is 0 Å². The van der Waals surface area contributed by atoms with Gasteiger partial charge < -0.3 is 4.74 Å². The van der Waals surface area contributed by atoms with E-state index in [2.05, 4.69) is 6.58 Å². The first-order valence-corrected chi connectivity index (χ1v) is 6.49. The van der Waals surface area contributed by atoms with Crippen LogP contribution in [-0.4, -0.2) is 22.5 Å². The summed E-state index contributed by atoms with van der Waals surface area (Å²) in [7, 11) is 0. The lowest BCUT2D eigenvalue weighted by molar-refractivity contribution is -0.498. The Morgan fingerprint density at radius 2 is 1.90 bits per heavy atom. The van der Waals surface area contributed by atoms with Gasteiger partial charge >= 0.3 is 5.97 Å². The average molecular weight is 289 g/mol. The molecule has 0 amide bonds. The Labute approximate surface area is 124 Å². The van der Waals surface area contributed by atoms with Gasteiger partial charge in [0.05, 0.1) is 0 Å². The molecule has 0 heterocycles. The fourth-order valence-corrected chi connectivity index (χ4v) is 1.54. The molecule has 0 spiro atoms. The third-order valence-electron chi connectivity index (χ3n) is 2.52. The van der Waals surface area contributed by atoms with E-state index in [1.807, 2.05) is 30.3 Å². The molecule has 0 radical (unpaired) electrons. The van der Waals surface area contributed by atoms with Crippen LogP contribution in [0.3, 0.4) is 0 Å². The molecule has 0 saturated heterocycles. The van der Waals surface area contributed by atoms with Gasteiger partial charge in [0.2, 0.25) is 0 Å². The fraction of sp³-hybridized carbons (Fsp3) is 0.312. The van der Waals surface area contributed by atoms with Crippen LogP contribution in [0.1, 0.15) is 26.3 Å². The number of hydrogen-bond donors (Lipinski definition) is 0. The minimum atomic E-state index is -1.31. The standard InChI is InChI=1S/C16H19NO4/c1-12(15(18)21-16(2,3)4)14(17(19)20)11-10-13-8-6-5-7-9-13/h5-11,14H,1H2,2-4H3/b11-10+. The summed E-state index contributed by atoms with van der Waals surface area (Å²) in [4.78, 5) is 22.4. The SMILES string of the molecule is C=C(C(=O)OC(C)(C)C)C(/C=C/c1ccccc1)[N+](=O)[O-]. The smallest absolute Gasteiger partial charge is 0.341 e. The first-order valence-electron chi connectivity index (χ1n) is 6.49. The summed E-state index contributed by atoms with van der Waals surface area (Å²) in [5.41, 5.74) is -0.104. The van der Waals surface area contributed by atoms with Gasteiger partial charge in [0.1, 0.15) is 11.2 Å². The minimum absolute atomic E-state index is 0.192. The molecule has 21 heavy (non-hydrogen) atoms. The van der Waals surface area contributed by atoms with Gasteiger partial charge in [-0.25, -0.2) is 4.79 Å². The molecule has 1 atom stereocenters. The lowest BCUT2D eigenvalue weighted by Gasteiger charge is -2.20. The third-order valence-corrected chi connectivity index (χ3v) is 2.52. The molecule has 0 aromatic heterocycles. The van der Waals surface area contributed by atoms with Crippen molar-refractivity contribution in [3.05, 3.63) is 64.2 Å². The normalized spacial score (nSPS) is 12.9. The zero-order valence-corrected chi connectivity index (χ0v) is 12.4. The Morgan fingerprint density at radius 1 is 1.33 bits per heavy atom. The van der Waals surface area contributed by atoms with Crippen molar-refractivity contribution in [1.29, 1.82) is 0 Å². The number of nitrogens with zero attached hydrogens (tertiary/aromatic N) is 1. The van der Waals surface area contributed by atoms with E-state index >= 15 is 0 Å². The van der Waals surface area contributed by atoms with E-state index in [1.54, 1.807) is 26.8 Å². The summed E-state index contributed by atoms with van der Waals surface area (Å²) < 4.78 is 5.11. The summed E-state index contributed by atoms with van der Waals surface area (Å²) in [6.45, 7) is 8.59. The Kier molecular flexibility index (Phi) is 5.41. The van der Waals surface area contributed by atoms with Crippen molar-refractivity contribution in [2.24, 2.45) is 0 Å². The van der Waals surface area contributed by atoms with Gasteiger partial charge in [-0.05, 0) is 32.4 Å². The van der Waals surface area contributed by atoms with Gasteiger partial charge in [0, 0.05) is 4.92 Å². The van der Waals surface area contributed by atoms with Crippen LogP contribution < -0.4 is 0 Å². The second-order valence-corrected chi connectivity index (χ2v) is 5.53. The quantitative estimate of drug-likeness (QED) is 0.361. The lowest BCUT2D eigenvalue weighted by atomic mass is 10.1. The molecule has 0 aliphatic rings. The van der Waals surface area contributed by atoms with Gasteiger partial charge in [0.25, 0.3) is 6.04 Å². The van der Waals surface area contributed by atoms with Crippen LogP contribution in [0.2, 0.25) is 0 Å². The van der Waals surface area contributed by atoms with Crippen LogP contribution in [0.25, 0.3) is 6.08 Å². The molecule has 1 rings (SSSR count). The van der Waals surface area contributed by atoms with Crippen molar-refractivity contribution in [1.82, 2.24) is 0 Å². The lowest BCUT2D eigenvalue weighted by Crippen LogP contribution is -2.30. The molecule has 0 aliphatic heterocycles. The largest absolute Gasteiger partial charge is 0.456 e. The van der Waals surface area contributed by atoms with Gasteiger partial charge in [0.15, 0.2) is 0 Å². The van der Waals surface area contributed by atoms with Crippen molar-refractivity contribution in [2.45, 2.75) is 32.4 Å². The van der Waals surface area contributed by atoms with E-state index in [4.69, 9.17) is 4.74 Å². The first kappa shape index (κ1) is 16.6. The average Bonchev–Trinajstić information content (AvgIpc) is 2.37. The maximum atomic E-state index is 11.9. The summed E-state index contributed by atoms with van der Waals surface area (Å²) in [5, 5.41) is 11.1. The van der Waals surface area contributed by atoms with E-state index in [0.29, 0.717) is 0 Å². The highest BCUT2D eigenvalue weighted by Gasteiger charge is 2.30. The molecule has 1 aromatic carbocycles. The number of carbonyl (C=O) groups is 1. The van der Waals surface area contributed by atoms with Crippen molar-refractivity contribution >= 4 is 12.0 Å². The molecular formula is C16H19NO4. The van der Waals surface area contributed by atoms with Crippen molar-refractivity contribution < 1.29 is 14.5 Å². The van der Waals surface area contributed by atoms with E-state index in [0.717, 1.165) is 5.56 Å². The predicted octanol–water partition coefficient (Wildman–Crippen LogP) is 3.24. The highest BCUT2D eigenvalue weighted by atomic mass is 16.6. The topological polar surface area (TPSA) is 69.4 Å². The Balaban J connectivity index is 2.87. The monoisotopic (exact) mass is 289 g/mol. The number of ether oxygens (including phenoxy) is 1. The second-order valence-electron chi connectivity index (χ2n) is 5.53. The van der Waals surface area contributed by atoms with Crippen molar-refractivity contribution in [2.75, 3.05) is 0 Å². The van der Waals surface area contributed by atoms with Crippen LogP contribution >= 0.6 is 0 Å². The van der Waals surface area contributed by atoms with E-state index in [-0.39, 0.29) is 5.57 Å². The molecule has 1 unspecified atom stereocenters. The minimum Gasteiger partial charge on any atom is -0.456 e. The van der Waals surface area contributed by atoms with Crippen LogP contribution in [0, 0.1) is 10.1 Å². The number of carbonyl (C=O) groups excluding carboxylic acids is 1. The number of rotatable bonds is 5. The molecular weight excluding hydrogens is 270 g/mol. The Bertz CT molecular complexity index is 555. The molecule has 0 fully saturated rings. The highest BCUT2D eigenvalue weighted by Crippen LogP contribution is 2.15. The van der Waals surface area contributed by atoms with Gasteiger partial charge in [-0.3, -0.25) is 10.1 Å². The number of benzene rings is 1. The van der Waals surface area contributed by atoms with E-state index < -0.39 is 22.5 Å². The van der Waals surface area contributed by atoms with Crippen molar-refractivity contribution in [3.63, 3.8) is 0 Å². The molecule has 5 nitrogen and oxygen atoms in total. The van der Waals surface area contributed by atoms with Crippen LogP contribution in [0.4, 0.5) is 0 Å². The molecule has 1 aromatic rings. The summed E-state index contributed by atoms with van der Waals surface area (Å²) in [6, 6.07) is 7.81. The van der Waals surface area contributed by atoms with Crippen LogP contribution in [0.15, 0.2) is 48.6 Å². The van der Waals surface area contributed by atoms with Gasteiger partial charge in [-0.15, -0.1) is 0 Å². The van der Waals surface area contributed by atoms with E-state index in [1.165, 1.54) is 6.08 Å². The Morgan fingerprint density at radius 3 is 2.38 bits per heavy atom. The first-order chi connectivity index (χ1) is 9.70. The molecule has 0 saturated carbocycles. The third kappa shape index (κ3) is 5.60. The predicted molar refractivity (Wildman–Crippen MR) is 81.2 cm³/mol. The molecule has 0 bridgehead atoms.